The number of hydrogen-bond donors (Lipinski definition) is 1. The number of benzene rings is 1. The summed E-state index contributed by atoms with van der Waals surface area (Å²) in [4.78, 5) is 0. The van der Waals surface area contributed by atoms with Gasteiger partial charge in [0, 0.05) is 0 Å². The minimum atomic E-state index is 0.271. The fourth-order valence-electron chi connectivity index (χ4n) is 2.44. The first-order chi connectivity index (χ1) is 9.35. The van der Waals surface area contributed by atoms with Crippen LogP contribution in [0.1, 0.15) is 31.2 Å². The van der Waals surface area contributed by atoms with E-state index >= 15 is 0 Å². The number of piperidine rings is 1. The summed E-state index contributed by atoms with van der Waals surface area (Å²) in [6.07, 6.45) is 7.58. The third-order valence-corrected chi connectivity index (χ3v) is 3.39. The molecule has 0 aromatic heterocycles. The van der Waals surface area contributed by atoms with Crippen molar-refractivity contribution >= 4 is 0 Å². The Balaban J connectivity index is 2.17. The summed E-state index contributed by atoms with van der Waals surface area (Å²) in [5.74, 6) is 4.62. The van der Waals surface area contributed by atoms with Crippen molar-refractivity contribution in [2.75, 3.05) is 26.3 Å². The first-order valence-corrected chi connectivity index (χ1v) is 6.89. The van der Waals surface area contributed by atoms with Gasteiger partial charge in [-0.15, -0.1) is 6.42 Å². The van der Waals surface area contributed by atoms with Crippen LogP contribution in [0, 0.1) is 12.3 Å². The van der Waals surface area contributed by atoms with E-state index in [-0.39, 0.29) is 6.61 Å². The summed E-state index contributed by atoms with van der Waals surface area (Å²) in [6, 6.07) is 6.20. The summed E-state index contributed by atoms with van der Waals surface area (Å²) in [5.41, 5.74) is 1.33. The van der Waals surface area contributed by atoms with Gasteiger partial charge in [-0.25, -0.2) is 0 Å². The van der Waals surface area contributed by atoms with E-state index in [0.29, 0.717) is 12.5 Å². The van der Waals surface area contributed by atoms with Crippen LogP contribution in [0.2, 0.25) is 0 Å². The molecule has 0 spiro atoms. The van der Waals surface area contributed by atoms with E-state index in [0.717, 1.165) is 24.6 Å². The van der Waals surface area contributed by atoms with Crippen molar-refractivity contribution in [3.8, 4) is 23.8 Å². The third kappa shape index (κ3) is 3.65. The Hall–Kier alpha value is -1.66. The van der Waals surface area contributed by atoms with Crippen molar-refractivity contribution in [1.29, 1.82) is 0 Å². The van der Waals surface area contributed by atoms with Crippen LogP contribution in [-0.2, 0) is 0 Å². The average Bonchev–Trinajstić information content (AvgIpc) is 2.47. The van der Waals surface area contributed by atoms with Crippen LogP contribution in [-0.4, -0.2) is 26.3 Å². The molecule has 1 fully saturated rings. The molecule has 2 rings (SSSR count). The SMILES string of the molecule is C#CCOc1ccc(C2CCNCC2)cc1OCC. The van der Waals surface area contributed by atoms with Crippen LogP contribution in [0.15, 0.2) is 18.2 Å². The predicted octanol–water partition coefficient (Wildman–Crippen LogP) is 2.56. The van der Waals surface area contributed by atoms with Gasteiger partial charge in [0.05, 0.1) is 6.61 Å². The van der Waals surface area contributed by atoms with Gasteiger partial charge in [0.25, 0.3) is 0 Å². The van der Waals surface area contributed by atoms with Gasteiger partial charge in [-0.3, -0.25) is 0 Å². The lowest BCUT2D eigenvalue weighted by molar-refractivity contribution is 0.298. The number of ether oxygens (including phenoxy) is 2. The van der Waals surface area contributed by atoms with Crippen molar-refractivity contribution in [3.63, 3.8) is 0 Å². The quantitative estimate of drug-likeness (QED) is 0.824. The Labute approximate surface area is 115 Å². The van der Waals surface area contributed by atoms with Crippen molar-refractivity contribution in [1.82, 2.24) is 5.32 Å². The monoisotopic (exact) mass is 259 g/mol. The smallest absolute Gasteiger partial charge is 0.162 e. The first kappa shape index (κ1) is 13.8. The highest BCUT2D eigenvalue weighted by atomic mass is 16.5. The first-order valence-electron chi connectivity index (χ1n) is 6.89. The normalized spacial score (nSPS) is 15.8. The summed E-state index contributed by atoms with van der Waals surface area (Å²) in [6.45, 7) is 5.05. The number of terminal acetylenes is 1. The molecule has 0 radical (unpaired) electrons. The van der Waals surface area contributed by atoms with Crippen molar-refractivity contribution < 1.29 is 9.47 Å². The highest BCUT2D eigenvalue weighted by Gasteiger charge is 2.17. The Morgan fingerprint density at radius 2 is 2.05 bits per heavy atom. The van der Waals surface area contributed by atoms with E-state index in [4.69, 9.17) is 15.9 Å². The standard InChI is InChI=1S/C16H21NO2/c1-3-11-19-15-6-5-14(12-16(15)18-4-2)13-7-9-17-10-8-13/h1,5-6,12-13,17H,4,7-11H2,2H3. The maximum Gasteiger partial charge on any atom is 0.162 e. The Bertz CT molecular complexity index is 445. The summed E-state index contributed by atoms with van der Waals surface area (Å²) >= 11 is 0. The van der Waals surface area contributed by atoms with E-state index in [1.54, 1.807) is 0 Å². The molecule has 1 aliphatic heterocycles. The lowest BCUT2D eigenvalue weighted by atomic mass is 9.90. The molecule has 0 bridgehead atoms. The molecule has 0 saturated carbocycles. The molecular weight excluding hydrogens is 238 g/mol. The third-order valence-electron chi connectivity index (χ3n) is 3.39. The van der Waals surface area contributed by atoms with E-state index < -0.39 is 0 Å². The molecule has 1 aliphatic rings. The lowest BCUT2D eigenvalue weighted by Crippen LogP contribution is -2.26. The number of hydrogen-bond acceptors (Lipinski definition) is 3. The molecule has 1 aromatic rings. The topological polar surface area (TPSA) is 30.5 Å². The van der Waals surface area contributed by atoms with Crippen molar-refractivity contribution in [2.24, 2.45) is 0 Å². The Kier molecular flexibility index (Phi) is 5.11. The van der Waals surface area contributed by atoms with Crippen LogP contribution >= 0.6 is 0 Å². The van der Waals surface area contributed by atoms with Gasteiger partial charge in [0.2, 0.25) is 0 Å². The van der Waals surface area contributed by atoms with Crippen LogP contribution in [0.5, 0.6) is 11.5 Å². The van der Waals surface area contributed by atoms with Crippen LogP contribution in [0.25, 0.3) is 0 Å². The summed E-state index contributed by atoms with van der Waals surface area (Å²) in [7, 11) is 0. The van der Waals surface area contributed by atoms with E-state index in [1.807, 2.05) is 13.0 Å². The van der Waals surface area contributed by atoms with Gasteiger partial charge >= 0.3 is 0 Å². The maximum atomic E-state index is 5.66. The molecule has 0 aliphatic carbocycles. The van der Waals surface area contributed by atoms with E-state index in [9.17, 15) is 0 Å². The molecule has 0 amide bonds. The zero-order chi connectivity index (χ0) is 13.5. The largest absolute Gasteiger partial charge is 0.490 e. The van der Waals surface area contributed by atoms with Gasteiger partial charge in [-0.05, 0) is 56.5 Å². The second-order valence-electron chi connectivity index (χ2n) is 4.66. The summed E-state index contributed by atoms with van der Waals surface area (Å²) < 4.78 is 11.2. The Morgan fingerprint density at radius 3 is 2.74 bits per heavy atom. The second-order valence-corrected chi connectivity index (χ2v) is 4.66. The molecule has 0 unspecified atom stereocenters. The maximum absolute atomic E-state index is 5.66. The molecule has 102 valence electrons. The van der Waals surface area contributed by atoms with Crippen LogP contribution < -0.4 is 14.8 Å². The molecule has 1 N–H and O–H groups in total. The molecule has 1 aromatic carbocycles. The molecule has 3 nitrogen and oxygen atoms in total. The van der Waals surface area contributed by atoms with Gasteiger partial charge in [0.1, 0.15) is 6.61 Å². The minimum Gasteiger partial charge on any atom is -0.490 e. The molecule has 19 heavy (non-hydrogen) atoms. The van der Waals surface area contributed by atoms with Crippen LogP contribution in [0.3, 0.4) is 0 Å². The molecule has 1 saturated heterocycles. The van der Waals surface area contributed by atoms with Crippen LogP contribution in [0.4, 0.5) is 0 Å². The molecule has 1 heterocycles. The lowest BCUT2D eigenvalue weighted by Gasteiger charge is -2.24. The average molecular weight is 259 g/mol. The highest BCUT2D eigenvalue weighted by Crippen LogP contribution is 2.34. The van der Waals surface area contributed by atoms with Gasteiger partial charge in [0.15, 0.2) is 11.5 Å². The fourth-order valence-corrected chi connectivity index (χ4v) is 2.44. The van der Waals surface area contributed by atoms with Gasteiger partial charge in [-0.1, -0.05) is 12.0 Å². The van der Waals surface area contributed by atoms with E-state index in [1.165, 1.54) is 18.4 Å². The highest BCUT2D eigenvalue weighted by molar-refractivity contribution is 5.44. The fraction of sp³-hybridized carbons (Fsp3) is 0.500. The van der Waals surface area contributed by atoms with Gasteiger partial charge in [-0.2, -0.15) is 0 Å². The van der Waals surface area contributed by atoms with Gasteiger partial charge < -0.3 is 14.8 Å². The Morgan fingerprint density at radius 1 is 1.26 bits per heavy atom. The molecular formula is C16H21NO2. The summed E-state index contributed by atoms with van der Waals surface area (Å²) in [5, 5.41) is 3.39. The number of nitrogens with one attached hydrogen (secondary N) is 1. The molecule has 0 atom stereocenters. The zero-order valence-corrected chi connectivity index (χ0v) is 11.4. The molecule has 3 heteroatoms. The van der Waals surface area contributed by atoms with Crippen molar-refractivity contribution in [3.05, 3.63) is 23.8 Å². The van der Waals surface area contributed by atoms with E-state index in [2.05, 4.69) is 23.4 Å². The number of rotatable bonds is 5. The minimum absolute atomic E-state index is 0.271. The second kappa shape index (κ2) is 7.06. The zero-order valence-electron chi connectivity index (χ0n) is 11.4. The predicted molar refractivity (Wildman–Crippen MR) is 76.8 cm³/mol. The van der Waals surface area contributed by atoms with Crippen molar-refractivity contribution in [2.45, 2.75) is 25.7 Å².